The van der Waals surface area contributed by atoms with Crippen molar-refractivity contribution in [2.45, 2.75) is 31.6 Å². The van der Waals surface area contributed by atoms with Crippen LogP contribution in [0.5, 0.6) is 0 Å². The molecule has 0 spiro atoms. The number of thiophene rings is 1. The molecule has 4 aromatic rings. The number of amides is 2. The fraction of sp³-hybridized carbons (Fsp3) is 0.250. The summed E-state index contributed by atoms with van der Waals surface area (Å²) in [6, 6.07) is 16.2. The topological polar surface area (TPSA) is 91.3 Å². The molecule has 3 heterocycles. The van der Waals surface area contributed by atoms with Gasteiger partial charge in [-0.05, 0) is 67.3 Å². The minimum atomic E-state index is -0.822. The Labute approximate surface area is 231 Å². The van der Waals surface area contributed by atoms with Gasteiger partial charge in [0.1, 0.15) is 6.04 Å². The number of nitrogens with one attached hydrogen (secondary N) is 1. The highest BCUT2D eigenvalue weighted by molar-refractivity contribution is 7.99. The molecule has 0 saturated heterocycles. The molecule has 10 heteroatoms. The Morgan fingerprint density at radius 3 is 2.37 bits per heavy atom. The molecule has 1 unspecified atom stereocenters. The van der Waals surface area contributed by atoms with Crippen LogP contribution in [-0.4, -0.2) is 51.5 Å². The third kappa shape index (κ3) is 7.17. The molecule has 1 atom stereocenters. The summed E-state index contributed by atoms with van der Waals surface area (Å²) >= 11 is 2.71. The van der Waals surface area contributed by atoms with E-state index >= 15 is 0 Å². The minimum Gasteiger partial charge on any atom is -0.378 e. The van der Waals surface area contributed by atoms with Gasteiger partial charge in [0.05, 0.1) is 5.75 Å². The highest BCUT2D eigenvalue weighted by Gasteiger charge is 2.32. The molecule has 0 aliphatic heterocycles. The lowest BCUT2D eigenvalue weighted by Crippen LogP contribution is -2.41. The van der Waals surface area contributed by atoms with E-state index in [9.17, 15) is 9.59 Å². The number of pyridine rings is 1. The molecule has 2 amide bonds. The molecule has 196 valence electrons. The second kappa shape index (κ2) is 12.7. The van der Waals surface area contributed by atoms with E-state index in [1.165, 1.54) is 23.1 Å². The van der Waals surface area contributed by atoms with Crippen molar-refractivity contribution in [1.29, 1.82) is 0 Å². The van der Waals surface area contributed by atoms with Gasteiger partial charge in [0.2, 0.25) is 5.91 Å². The summed E-state index contributed by atoms with van der Waals surface area (Å²) < 4.78 is 0. The van der Waals surface area contributed by atoms with Gasteiger partial charge in [-0.25, -0.2) is 9.97 Å². The van der Waals surface area contributed by atoms with Crippen molar-refractivity contribution in [2.75, 3.05) is 30.1 Å². The van der Waals surface area contributed by atoms with Gasteiger partial charge in [0.25, 0.3) is 5.91 Å². The van der Waals surface area contributed by atoms with Gasteiger partial charge in [-0.2, -0.15) is 0 Å². The molecule has 38 heavy (non-hydrogen) atoms. The van der Waals surface area contributed by atoms with E-state index in [2.05, 4.69) is 20.3 Å². The average molecular weight is 547 g/mol. The van der Waals surface area contributed by atoms with Gasteiger partial charge < -0.3 is 15.1 Å². The minimum absolute atomic E-state index is 0.0931. The Bertz CT molecular complexity index is 1340. The Morgan fingerprint density at radius 1 is 1.03 bits per heavy atom. The van der Waals surface area contributed by atoms with E-state index in [-0.39, 0.29) is 24.1 Å². The molecule has 1 aromatic carbocycles. The molecular weight excluding hydrogens is 516 g/mol. The van der Waals surface area contributed by atoms with Crippen LogP contribution in [0.25, 0.3) is 0 Å². The van der Waals surface area contributed by atoms with E-state index in [1.54, 1.807) is 17.3 Å². The zero-order valence-electron chi connectivity index (χ0n) is 21.8. The number of nitrogens with zero attached hydrogens (tertiary/aromatic N) is 5. The summed E-state index contributed by atoms with van der Waals surface area (Å²) in [5.41, 5.74) is 4.20. The van der Waals surface area contributed by atoms with Crippen molar-refractivity contribution >= 4 is 46.3 Å². The number of hydrogen-bond acceptors (Lipinski definition) is 8. The number of hydrogen-bond donors (Lipinski definition) is 1. The van der Waals surface area contributed by atoms with E-state index < -0.39 is 6.04 Å². The van der Waals surface area contributed by atoms with Crippen LogP contribution < -0.4 is 10.2 Å². The van der Waals surface area contributed by atoms with Crippen molar-refractivity contribution in [3.63, 3.8) is 0 Å². The summed E-state index contributed by atoms with van der Waals surface area (Å²) in [6.45, 7) is 4.03. The standard InChI is InChI=1S/C28H30N6O2S2/c1-19-15-20(2)31-28(30-19)38-18-25(35)34(17-21-7-5-13-29-16-21)26(24-8-6-14-37-24)27(36)32-22-9-11-23(12-10-22)33(3)4/h5-16,26H,17-18H2,1-4H3,(H,32,36). The molecule has 3 aromatic heterocycles. The first-order chi connectivity index (χ1) is 18.3. The van der Waals surface area contributed by atoms with Crippen LogP contribution in [-0.2, 0) is 16.1 Å². The van der Waals surface area contributed by atoms with Gasteiger partial charge in [-0.3, -0.25) is 14.6 Å². The summed E-state index contributed by atoms with van der Waals surface area (Å²) in [4.78, 5) is 45.0. The SMILES string of the molecule is Cc1cc(C)nc(SCC(=O)N(Cc2cccnc2)C(C(=O)Nc2ccc(N(C)C)cc2)c2cccs2)n1. The zero-order valence-corrected chi connectivity index (χ0v) is 23.4. The van der Waals surface area contributed by atoms with Crippen LogP contribution in [0.15, 0.2) is 77.5 Å². The van der Waals surface area contributed by atoms with Gasteiger partial charge in [0.15, 0.2) is 5.16 Å². The number of benzene rings is 1. The third-order valence-corrected chi connectivity index (χ3v) is 7.46. The second-order valence-electron chi connectivity index (χ2n) is 8.95. The predicted octanol–water partition coefficient (Wildman–Crippen LogP) is 5.12. The van der Waals surface area contributed by atoms with E-state index in [4.69, 9.17) is 0 Å². The molecule has 0 saturated carbocycles. The van der Waals surface area contributed by atoms with E-state index in [1.807, 2.05) is 92.8 Å². The molecular formula is C28H30N6O2S2. The highest BCUT2D eigenvalue weighted by atomic mass is 32.2. The van der Waals surface area contributed by atoms with Crippen LogP contribution in [0.4, 0.5) is 11.4 Å². The molecule has 0 radical (unpaired) electrons. The predicted molar refractivity (Wildman–Crippen MR) is 153 cm³/mol. The molecule has 0 fully saturated rings. The van der Waals surface area contributed by atoms with Crippen molar-refractivity contribution in [3.8, 4) is 0 Å². The normalized spacial score (nSPS) is 11.6. The van der Waals surface area contributed by atoms with Crippen LogP contribution in [0.1, 0.15) is 27.9 Å². The van der Waals surface area contributed by atoms with E-state index in [0.29, 0.717) is 10.8 Å². The van der Waals surface area contributed by atoms with Crippen molar-refractivity contribution in [1.82, 2.24) is 19.9 Å². The van der Waals surface area contributed by atoms with Crippen LogP contribution >= 0.6 is 23.1 Å². The van der Waals surface area contributed by atoms with Crippen LogP contribution in [0.3, 0.4) is 0 Å². The van der Waals surface area contributed by atoms with Crippen molar-refractivity contribution in [3.05, 3.63) is 94.2 Å². The molecule has 4 rings (SSSR count). The maximum atomic E-state index is 13.8. The number of carbonyl (C=O) groups is 2. The van der Waals surface area contributed by atoms with Crippen molar-refractivity contribution in [2.24, 2.45) is 0 Å². The number of anilines is 2. The van der Waals surface area contributed by atoms with E-state index in [0.717, 1.165) is 27.5 Å². The maximum Gasteiger partial charge on any atom is 0.252 e. The molecule has 8 nitrogen and oxygen atoms in total. The Balaban J connectivity index is 1.62. The van der Waals surface area contributed by atoms with Crippen LogP contribution in [0, 0.1) is 13.8 Å². The first-order valence-electron chi connectivity index (χ1n) is 12.1. The van der Waals surface area contributed by atoms with Crippen LogP contribution in [0.2, 0.25) is 0 Å². The number of carbonyl (C=O) groups excluding carboxylic acids is 2. The molecule has 0 aliphatic carbocycles. The van der Waals surface area contributed by atoms with Gasteiger partial charge >= 0.3 is 0 Å². The fourth-order valence-electron chi connectivity index (χ4n) is 3.90. The maximum absolute atomic E-state index is 13.8. The molecule has 1 N–H and O–H groups in total. The number of rotatable bonds is 10. The highest BCUT2D eigenvalue weighted by Crippen LogP contribution is 2.30. The largest absolute Gasteiger partial charge is 0.378 e. The zero-order chi connectivity index (χ0) is 27.1. The second-order valence-corrected chi connectivity index (χ2v) is 10.9. The lowest BCUT2D eigenvalue weighted by Gasteiger charge is -2.30. The molecule has 0 aliphatic rings. The summed E-state index contributed by atoms with van der Waals surface area (Å²) in [7, 11) is 3.92. The smallest absolute Gasteiger partial charge is 0.252 e. The first-order valence-corrected chi connectivity index (χ1v) is 13.9. The summed E-state index contributed by atoms with van der Waals surface area (Å²) in [5.74, 6) is -0.386. The number of aromatic nitrogens is 3. The Morgan fingerprint density at radius 2 is 1.76 bits per heavy atom. The monoisotopic (exact) mass is 546 g/mol. The average Bonchev–Trinajstić information content (AvgIpc) is 3.42. The summed E-state index contributed by atoms with van der Waals surface area (Å²) in [6.07, 6.45) is 3.40. The van der Waals surface area contributed by atoms with Gasteiger partial charge in [-0.1, -0.05) is 23.9 Å². The number of thioether (sulfide) groups is 1. The lowest BCUT2D eigenvalue weighted by atomic mass is 10.1. The quantitative estimate of drug-likeness (QED) is 0.218. The lowest BCUT2D eigenvalue weighted by molar-refractivity contribution is -0.137. The Kier molecular flexibility index (Phi) is 9.09. The Hall–Kier alpha value is -3.76. The van der Waals surface area contributed by atoms with Gasteiger partial charge in [0, 0.05) is 60.7 Å². The number of aryl methyl sites for hydroxylation is 2. The summed E-state index contributed by atoms with van der Waals surface area (Å²) in [5, 5.41) is 5.46. The first kappa shape index (κ1) is 27.3. The molecule has 0 bridgehead atoms. The third-order valence-electron chi connectivity index (χ3n) is 5.71. The van der Waals surface area contributed by atoms with Crippen molar-refractivity contribution < 1.29 is 9.59 Å². The van der Waals surface area contributed by atoms with Gasteiger partial charge in [-0.15, -0.1) is 11.3 Å². The fourth-order valence-corrected chi connectivity index (χ4v) is 5.57.